The Morgan fingerprint density at radius 3 is 2.48 bits per heavy atom. The number of nitrogens with one attached hydrogen (secondary N) is 1. The van der Waals surface area contributed by atoms with E-state index in [0.717, 1.165) is 40.3 Å². The van der Waals surface area contributed by atoms with Gasteiger partial charge in [-0.1, -0.05) is 86.1 Å². The van der Waals surface area contributed by atoms with Crippen molar-refractivity contribution in [3.05, 3.63) is 112 Å². The smallest absolute Gasteiger partial charge is 0.165 e. The summed E-state index contributed by atoms with van der Waals surface area (Å²) in [6.07, 6.45) is 2.80. The average Bonchev–Trinajstić information content (AvgIpc) is 2.78. The third kappa shape index (κ3) is 4.46. The minimum atomic E-state index is -0.480. The number of carbonyl (C=O) groups excluding carboxylic acids is 1. The predicted octanol–water partition coefficient (Wildman–Crippen LogP) is 7.66. The van der Waals surface area contributed by atoms with Gasteiger partial charge in [-0.15, -0.1) is 0 Å². The largest absolute Gasteiger partial charge is 0.480 e. The molecule has 3 aromatic carbocycles. The second-order valence-electron chi connectivity index (χ2n) is 9.47. The molecule has 2 aliphatic rings. The van der Waals surface area contributed by atoms with Crippen molar-refractivity contribution in [2.24, 2.45) is 5.41 Å². The van der Waals surface area contributed by atoms with E-state index in [-0.39, 0.29) is 11.2 Å². The van der Waals surface area contributed by atoms with Crippen LogP contribution >= 0.6 is 11.6 Å². The van der Waals surface area contributed by atoms with Crippen molar-refractivity contribution < 1.29 is 9.53 Å². The molecule has 0 fully saturated rings. The van der Waals surface area contributed by atoms with Gasteiger partial charge in [0, 0.05) is 34.0 Å². The van der Waals surface area contributed by atoms with Crippen molar-refractivity contribution in [1.82, 2.24) is 0 Å². The zero-order chi connectivity index (χ0) is 23.0. The van der Waals surface area contributed by atoms with Crippen LogP contribution in [0.1, 0.15) is 49.5 Å². The fourth-order valence-electron chi connectivity index (χ4n) is 4.71. The summed E-state index contributed by atoms with van der Waals surface area (Å²) in [5.74, 6) is 0.886. The third-order valence-electron chi connectivity index (χ3n) is 6.17. The van der Waals surface area contributed by atoms with Crippen molar-refractivity contribution in [2.45, 2.75) is 32.8 Å². The molecule has 1 heterocycles. The quantitative estimate of drug-likeness (QED) is 0.438. The molecule has 33 heavy (non-hydrogen) atoms. The number of Topliss-reactive ketones (excluding diaryl/α,β-unsaturated/α-hetero) is 1. The standard InChI is InChI=1S/C29H26ClNO2/c1-29(2)17-24(31-22-13-8-12-21(30)16-22)27(25(32)18-29)28-23-14-7-6-11-20(23)15-26(33-28)19-9-4-3-5-10-19/h3-16,28,31H,17-18H2,1-2H3. The van der Waals surface area contributed by atoms with Crippen molar-refractivity contribution in [3.8, 4) is 0 Å². The van der Waals surface area contributed by atoms with Crippen LogP contribution in [0.15, 0.2) is 90.1 Å². The number of ether oxygens (including phenoxy) is 1. The van der Waals surface area contributed by atoms with E-state index in [0.29, 0.717) is 17.0 Å². The Bertz CT molecular complexity index is 1270. The number of hydrogen-bond acceptors (Lipinski definition) is 3. The maximum absolute atomic E-state index is 13.6. The lowest BCUT2D eigenvalue weighted by Crippen LogP contribution is -2.32. The first kappa shape index (κ1) is 21.5. The highest BCUT2D eigenvalue weighted by Gasteiger charge is 2.39. The number of halogens is 1. The second-order valence-corrected chi connectivity index (χ2v) is 9.91. The fraction of sp³-hybridized carbons (Fsp3) is 0.207. The molecule has 0 radical (unpaired) electrons. The van der Waals surface area contributed by atoms with Gasteiger partial charge in [-0.05, 0) is 41.7 Å². The van der Waals surface area contributed by atoms with Gasteiger partial charge in [-0.25, -0.2) is 0 Å². The molecule has 166 valence electrons. The van der Waals surface area contributed by atoms with E-state index >= 15 is 0 Å². The van der Waals surface area contributed by atoms with E-state index in [9.17, 15) is 4.79 Å². The summed E-state index contributed by atoms with van der Waals surface area (Å²) in [5, 5.41) is 4.17. The van der Waals surface area contributed by atoms with Gasteiger partial charge in [0.25, 0.3) is 0 Å². The van der Waals surface area contributed by atoms with Crippen LogP contribution in [-0.4, -0.2) is 5.78 Å². The van der Waals surface area contributed by atoms with Crippen LogP contribution in [0, 0.1) is 5.41 Å². The molecule has 0 spiro atoms. The molecular formula is C29H26ClNO2. The van der Waals surface area contributed by atoms with Crippen LogP contribution in [0.25, 0.3) is 11.8 Å². The topological polar surface area (TPSA) is 38.3 Å². The van der Waals surface area contributed by atoms with Crippen LogP contribution in [0.4, 0.5) is 5.69 Å². The molecule has 0 aromatic heterocycles. The number of rotatable bonds is 4. The Kier molecular flexibility index (Phi) is 5.59. The Labute approximate surface area is 199 Å². The van der Waals surface area contributed by atoms with Gasteiger partial charge < -0.3 is 10.1 Å². The third-order valence-corrected chi connectivity index (χ3v) is 6.41. The van der Waals surface area contributed by atoms with Crippen molar-refractivity contribution in [2.75, 3.05) is 5.32 Å². The van der Waals surface area contributed by atoms with Gasteiger partial charge in [0.2, 0.25) is 0 Å². The van der Waals surface area contributed by atoms with E-state index < -0.39 is 6.10 Å². The van der Waals surface area contributed by atoms with E-state index in [1.54, 1.807) is 0 Å². The lowest BCUT2D eigenvalue weighted by molar-refractivity contribution is -0.119. The van der Waals surface area contributed by atoms with Gasteiger partial charge in [-0.2, -0.15) is 0 Å². The number of anilines is 1. The first-order valence-corrected chi connectivity index (χ1v) is 11.6. The van der Waals surface area contributed by atoms with E-state index in [1.165, 1.54) is 0 Å². The molecule has 0 saturated carbocycles. The fourth-order valence-corrected chi connectivity index (χ4v) is 4.90. The number of ketones is 1. The molecule has 1 atom stereocenters. The molecule has 1 aliphatic heterocycles. The van der Waals surface area contributed by atoms with Gasteiger partial charge in [0.15, 0.2) is 11.9 Å². The van der Waals surface area contributed by atoms with Crippen molar-refractivity contribution >= 4 is 34.9 Å². The Hall–Kier alpha value is -3.30. The van der Waals surface area contributed by atoms with Gasteiger partial charge in [0.1, 0.15) is 5.76 Å². The molecule has 4 heteroatoms. The summed E-state index contributed by atoms with van der Waals surface area (Å²) in [6.45, 7) is 4.26. The SMILES string of the molecule is CC1(C)CC(=O)C(C2OC(c3ccccc3)=Cc3ccccc32)=C(Nc2cccc(Cl)c2)C1. The minimum Gasteiger partial charge on any atom is -0.480 e. The summed E-state index contributed by atoms with van der Waals surface area (Å²) < 4.78 is 6.59. The van der Waals surface area contributed by atoms with Crippen molar-refractivity contribution in [1.29, 1.82) is 0 Å². The van der Waals surface area contributed by atoms with Crippen LogP contribution in [0.3, 0.4) is 0 Å². The average molecular weight is 456 g/mol. The maximum atomic E-state index is 13.6. The van der Waals surface area contributed by atoms with E-state index in [4.69, 9.17) is 16.3 Å². The maximum Gasteiger partial charge on any atom is 0.165 e. The second kappa shape index (κ2) is 8.57. The molecule has 0 saturated heterocycles. The first-order chi connectivity index (χ1) is 15.9. The molecular weight excluding hydrogens is 430 g/mol. The summed E-state index contributed by atoms with van der Waals surface area (Å²) in [6, 6.07) is 25.8. The van der Waals surface area contributed by atoms with Crippen LogP contribution in [0.5, 0.6) is 0 Å². The number of hydrogen-bond donors (Lipinski definition) is 1. The zero-order valence-corrected chi connectivity index (χ0v) is 19.5. The Morgan fingerprint density at radius 1 is 0.939 bits per heavy atom. The Morgan fingerprint density at radius 2 is 1.70 bits per heavy atom. The molecule has 1 unspecified atom stereocenters. The van der Waals surface area contributed by atoms with Crippen molar-refractivity contribution in [3.63, 3.8) is 0 Å². The van der Waals surface area contributed by atoms with E-state index in [1.807, 2.05) is 66.7 Å². The number of fused-ring (bicyclic) bond motifs is 1. The molecule has 3 nitrogen and oxygen atoms in total. The molecule has 0 bridgehead atoms. The number of allylic oxidation sites excluding steroid dienone is 1. The zero-order valence-electron chi connectivity index (χ0n) is 18.8. The highest BCUT2D eigenvalue weighted by atomic mass is 35.5. The predicted molar refractivity (Wildman–Crippen MR) is 135 cm³/mol. The number of benzene rings is 3. The van der Waals surface area contributed by atoms with Crippen LogP contribution in [-0.2, 0) is 9.53 Å². The first-order valence-electron chi connectivity index (χ1n) is 11.2. The summed E-state index contributed by atoms with van der Waals surface area (Å²) in [4.78, 5) is 13.6. The van der Waals surface area contributed by atoms with Gasteiger partial charge in [-0.3, -0.25) is 4.79 Å². The summed E-state index contributed by atoms with van der Waals surface area (Å²) in [5.41, 5.74) is 5.38. The molecule has 1 aliphatic carbocycles. The monoisotopic (exact) mass is 455 g/mol. The molecule has 5 rings (SSSR count). The highest BCUT2D eigenvalue weighted by molar-refractivity contribution is 6.30. The molecule has 3 aromatic rings. The molecule has 0 amide bonds. The lowest BCUT2D eigenvalue weighted by Gasteiger charge is -2.37. The molecule has 1 N–H and O–H groups in total. The highest BCUT2D eigenvalue weighted by Crippen LogP contribution is 2.46. The van der Waals surface area contributed by atoms with Crippen LogP contribution in [0.2, 0.25) is 5.02 Å². The van der Waals surface area contributed by atoms with E-state index in [2.05, 4.69) is 37.4 Å². The summed E-state index contributed by atoms with van der Waals surface area (Å²) >= 11 is 6.23. The Balaban J connectivity index is 1.64. The van der Waals surface area contributed by atoms with Crippen LogP contribution < -0.4 is 5.32 Å². The summed E-state index contributed by atoms with van der Waals surface area (Å²) in [7, 11) is 0. The number of carbonyl (C=O) groups is 1. The normalized spacial score (nSPS) is 19.4. The minimum absolute atomic E-state index is 0.116. The van der Waals surface area contributed by atoms with Gasteiger partial charge in [0.05, 0.1) is 5.57 Å². The van der Waals surface area contributed by atoms with Gasteiger partial charge >= 0.3 is 0 Å². The lowest BCUT2D eigenvalue weighted by atomic mass is 9.73.